The summed E-state index contributed by atoms with van der Waals surface area (Å²) in [4.78, 5) is 26.7. The number of rotatable bonds is 7. The molecule has 1 saturated heterocycles. The largest absolute Gasteiger partial charge is 0.457 e. The van der Waals surface area contributed by atoms with Crippen molar-refractivity contribution in [1.82, 2.24) is 4.90 Å². The topological polar surface area (TPSA) is 78.9 Å². The maximum atomic E-state index is 13.0. The number of carbonyl (C=O) groups excluding carboxylic acids is 2. The normalized spacial score (nSPS) is 17.6. The number of ether oxygens (including phenoxy) is 1. The van der Waals surface area contributed by atoms with Gasteiger partial charge in [0.1, 0.15) is 30.0 Å². The van der Waals surface area contributed by atoms with E-state index in [1.807, 2.05) is 30.3 Å². The Labute approximate surface area is 191 Å². The van der Waals surface area contributed by atoms with E-state index in [0.717, 1.165) is 12.0 Å². The van der Waals surface area contributed by atoms with E-state index in [9.17, 15) is 19.1 Å². The van der Waals surface area contributed by atoms with Crippen LogP contribution in [0, 0.1) is 11.7 Å². The van der Waals surface area contributed by atoms with Crippen molar-refractivity contribution < 1.29 is 23.8 Å². The molecule has 0 saturated carbocycles. The van der Waals surface area contributed by atoms with Crippen LogP contribution >= 0.6 is 0 Å². The van der Waals surface area contributed by atoms with Crippen LogP contribution in [0.25, 0.3) is 0 Å². The van der Waals surface area contributed by atoms with Gasteiger partial charge in [-0.2, -0.15) is 0 Å². The predicted molar refractivity (Wildman–Crippen MR) is 122 cm³/mol. The molecule has 7 heteroatoms. The third kappa shape index (κ3) is 5.75. The maximum Gasteiger partial charge on any atom is 0.248 e. The fourth-order valence-corrected chi connectivity index (χ4v) is 4.10. The highest BCUT2D eigenvalue weighted by Gasteiger charge is 2.39. The lowest BCUT2D eigenvalue weighted by Crippen LogP contribution is -2.44. The Bertz CT molecular complexity index is 1090. The number of aliphatic hydroxyl groups is 1. The molecule has 4 rings (SSSR count). The van der Waals surface area contributed by atoms with E-state index in [1.165, 1.54) is 29.2 Å². The van der Waals surface area contributed by atoms with Gasteiger partial charge < -0.3 is 20.1 Å². The minimum absolute atomic E-state index is 0.130. The molecule has 33 heavy (non-hydrogen) atoms. The van der Waals surface area contributed by atoms with E-state index in [-0.39, 0.29) is 17.6 Å². The van der Waals surface area contributed by atoms with Crippen molar-refractivity contribution in [1.29, 1.82) is 0 Å². The molecule has 3 aromatic carbocycles. The molecule has 1 heterocycles. The van der Waals surface area contributed by atoms with Crippen molar-refractivity contribution in [2.45, 2.75) is 18.9 Å². The molecule has 1 aliphatic rings. The van der Waals surface area contributed by atoms with Gasteiger partial charge in [0.2, 0.25) is 11.8 Å². The minimum atomic E-state index is -0.645. The average molecular weight is 448 g/mol. The van der Waals surface area contributed by atoms with Crippen LogP contribution in [-0.2, 0) is 16.0 Å². The molecule has 1 fully saturated rings. The summed E-state index contributed by atoms with van der Waals surface area (Å²) in [5.74, 6) is 0.0905. The average Bonchev–Trinajstić information content (AvgIpc) is 3.26. The van der Waals surface area contributed by atoms with E-state index in [1.54, 1.807) is 24.3 Å². The Morgan fingerprint density at radius 1 is 0.970 bits per heavy atom. The molecule has 0 bridgehead atoms. The molecule has 1 aliphatic heterocycles. The number of benzene rings is 3. The van der Waals surface area contributed by atoms with Crippen LogP contribution in [0.2, 0.25) is 0 Å². The highest BCUT2D eigenvalue weighted by molar-refractivity contribution is 5.97. The Morgan fingerprint density at radius 2 is 1.61 bits per heavy atom. The molecule has 0 radical (unpaired) electrons. The fourth-order valence-electron chi connectivity index (χ4n) is 4.10. The first-order valence-electron chi connectivity index (χ1n) is 10.8. The highest BCUT2D eigenvalue weighted by Crippen LogP contribution is 2.28. The van der Waals surface area contributed by atoms with Crippen LogP contribution in [0.15, 0.2) is 78.9 Å². The Hall–Kier alpha value is -3.71. The van der Waals surface area contributed by atoms with Gasteiger partial charge in [-0.3, -0.25) is 9.59 Å². The van der Waals surface area contributed by atoms with Crippen LogP contribution in [0.5, 0.6) is 11.5 Å². The molecular formula is C26H25FN2O4. The molecule has 0 unspecified atom stereocenters. The fraction of sp³-hybridized carbons (Fsp3) is 0.231. The third-order valence-corrected chi connectivity index (χ3v) is 5.68. The Morgan fingerprint density at radius 3 is 2.24 bits per heavy atom. The number of nitrogens with one attached hydrogen (secondary N) is 1. The van der Waals surface area contributed by atoms with Gasteiger partial charge in [0.15, 0.2) is 0 Å². The monoisotopic (exact) mass is 448 g/mol. The predicted octanol–water partition coefficient (Wildman–Crippen LogP) is 4.01. The summed E-state index contributed by atoms with van der Waals surface area (Å²) < 4.78 is 18.7. The first-order chi connectivity index (χ1) is 16.0. The third-order valence-electron chi connectivity index (χ3n) is 5.68. The molecule has 0 aromatic heterocycles. The minimum Gasteiger partial charge on any atom is -0.457 e. The van der Waals surface area contributed by atoms with Gasteiger partial charge in [-0.15, -0.1) is 0 Å². The van der Waals surface area contributed by atoms with Gasteiger partial charge in [0, 0.05) is 12.2 Å². The number of halogens is 1. The van der Waals surface area contributed by atoms with Crippen molar-refractivity contribution in [3.05, 3.63) is 90.2 Å². The molecule has 2 atom stereocenters. The summed E-state index contributed by atoms with van der Waals surface area (Å²) >= 11 is 0. The van der Waals surface area contributed by atoms with E-state index >= 15 is 0 Å². The van der Waals surface area contributed by atoms with Crippen molar-refractivity contribution in [2.75, 3.05) is 18.5 Å². The summed E-state index contributed by atoms with van der Waals surface area (Å²) in [5.41, 5.74) is 1.71. The zero-order valence-electron chi connectivity index (χ0n) is 18.0. The van der Waals surface area contributed by atoms with Gasteiger partial charge in [-0.25, -0.2) is 4.39 Å². The van der Waals surface area contributed by atoms with E-state index in [4.69, 9.17) is 4.74 Å². The number of anilines is 1. The first kappa shape index (κ1) is 22.5. The maximum absolute atomic E-state index is 13.0. The van der Waals surface area contributed by atoms with Crippen molar-refractivity contribution in [3.8, 4) is 11.5 Å². The van der Waals surface area contributed by atoms with Crippen LogP contribution in [0.3, 0.4) is 0 Å². The summed E-state index contributed by atoms with van der Waals surface area (Å²) in [6, 6.07) is 21.8. The number of nitrogens with zero attached hydrogens (tertiary/aromatic N) is 1. The van der Waals surface area contributed by atoms with Gasteiger partial charge in [0.25, 0.3) is 0 Å². The smallest absolute Gasteiger partial charge is 0.248 e. The lowest BCUT2D eigenvalue weighted by Gasteiger charge is -2.23. The van der Waals surface area contributed by atoms with Crippen LogP contribution in [0.4, 0.5) is 10.1 Å². The van der Waals surface area contributed by atoms with E-state index in [0.29, 0.717) is 30.2 Å². The van der Waals surface area contributed by atoms with Crippen LogP contribution < -0.4 is 10.1 Å². The number of amides is 2. The quantitative estimate of drug-likeness (QED) is 0.573. The number of likely N-dealkylation sites (tertiary alicyclic amines) is 1. The van der Waals surface area contributed by atoms with E-state index in [2.05, 4.69) is 5.32 Å². The molecule has 0 spiro atoms. The van der Waals surface area contributed by atoms with Gasteiger partial charge in [0.05, 0.1) is 0 Å². The molecule has 2 N–H and O–H groups in total. The highest BCUT2D eigenvalue weighted by atomic mass is 19.1. The molecular weight excluding hydrogens is 423 g/mol. The Balaban J connectivity index is 1.40. The number of hydrogen-bond acceptors (Lipinski definition) is 4. The summed E-state index contributed by atoms with van der Waals surface area (Å²) in [6.07, 6.45) is 1.29. The summed E-state index contributed by atoms with van der Waals surface area (Å²) in [6.45, 7) is -0.200. The molecule has 3 aromatic rings. The number of aliphatic hydroxyl groups excluding tert-OH is 1. The lowest BCUT2D eigenvalue weighted by atomic mass is 9.96. The van der Waals surface area contributed by atoms with Crippen molar-refractivity contribution in [3.63, 3.8) is 0 Å². The summed E-state index contributed by atoms with van der Waals surface area (Å²) in [5, 5.41) is 12.2. The second kappa shape index (κ2) is 10.3. The molecule has 170 valence electrons. The molecule has 2 amide bonds. The lowest BCUT2D eigenvalue weighted by molar-refractivity contribution is -0.139. The zero-order valence-corrected chi connectivity index (χ0v) is 18.0. The second-order valence-electron chi connectivity index (χ2n) is 8.08. The van der Waals surface area contributed by atoms with E-state index < -0.39 is 18.6 Å². The summed E-state index contributed by atoms with van der Waals surface area (Å²) in [7, 11) is 0. The van der Waals surface area contributed by atoms with Crippen LogP contribution in [-0.4, -0.2) is 41.0 Å². The molecule has 0 aliphatic carbocycles. The first-order valence-corrected chi connectivity index (χ1v) is 10.8. The standard InChI is InChI=1S/C26H25FN2O4/c27-20-6-10-22(11-7-20)33-23-12-8-21(9-13-23)28-26(32)24-15-19(16-29(24)25(31)17-30)14-18-4-2-1-3-5-18/h1-13,19,24,30H,14-17H2,(H,28,32)/t19-,24+/m1/s1. The van der Waals surface area contributed by atoms with Gasteiger partial charge in [-0.1, -0.05) is 30.3 Å². The number of carbonyl (C=O) groups is 2. The molecule has 6 nitrogen and oxygen atoms in total. The van der Waals surface area contributed by atoms with Gasteiger partial charge in [-0.05, 0) is 72.9 Å². The number of hydrogen-bond donors (Lipinski definition) is 2. The zero-order chi connectivity index (χ0) is 23.2. The SMILES string of the molecule is O=C(Nc1ccc(Oc2ccc(F)cc2)cc1)[C@@H]1C[C@@H](Cc2ccccc2)CN1C(=O)CO. The van der Waals surface area contributed by atoms with Crippen LogP contribution in [0.1, 0.15) is 12.0 Å². The van der Waals surface area contributed by atoms with Crippen molar-refractivity contribution in [2.24, 2.45) is 5.92 Å². The Kier molecular flexibility index (Phi) is 7.00. The second-order valence-corrected chi connectivity index (χ2v) is 8.08. The van der Waals surface area contributed by atoms with Crippen molar-refractivity contribution >= 4 is 17.5 Å². The van der Waals surface area contributed by atoms with Gasteiger partial charge >= 0.3 is 0 Å².